The van der Waals surface area contributed by atoms with E-state index in [1.807, 2.05) is 24.3 Å². The molecule has 88 valence electrons. The first-order valence-corrected chi connectivity index (χ1v) is 5.70. The van der Waals surface area contributed by atoms with Gasteiger partial charge in [0, 0.05) is 12.1 Å². The number of ether oxygens (including phenoxy) is 1. The Hall–Kier alpha value is -1.06. The second-order valence-electron chi connectivity index (χ2n) is 4.73. The monoisotopic (exact) mass is 221 g/mol. The number of rotatable bonds is 5. The second kappa shape index (κ2) is 4.44. The number of aliphatic hydroxyl groups is 1. The summed E-state index contributed by atoms with van der Waals surface area (Å²) in [5.74, 6) is 0.818. The van der Waals surface area contributed by atoms with Gasteiger partial charge in [-0.3, -0.25) is 0 Å². The molecule has 0 bridgehead atoms. The summed E-state index contributed by atoms with van der Waals surface area (Å²) in [5, 5.41) is 13.4. The Bertz CT molecular complexity index is 343. The van der Waals surface area contributed by atoms with Crippen LogP contribution in [0.1, 0.15) is 31.4 Å². The highest BCUT2D eigenvalue weighted by Crippen LogP contribution is 2.34. The van der Waals surface area contributed by atoms with E-state index in [0.29, 0.717) is 6.54 Å². The normalized spacial score (nSPS) is 19.2. The molecule has 1 atom stereocenters. The molecule has 0 aliphatic heterocycles. The van der Waals surface area contributed by atoms with Crippen LogP contribution in [0.5, 0.6) is 5.75 Å². The number of methoxy groups -OCH3 is 1. The van der Waals surface area contributed by atoms with Crippen molar-refractivity contribution in [2.45, 2.75) is 31.4 Å². The van der Waals surface area contributed by atoms with E-state index in [2.05, 4.69) is 12.2 Å². The Morgan fingerprint density at radius 1 is 1.38 bits per heavy atom. The molecule has 1 aliphatic rings. The molecule has 1 unspecified atom stereocenters. The summed E-state index contributed by atoms with van der Waals surface area (Å²) in [5.41, 5.74) is 1.20. The van der Waals surface area contributed by atoms with Gasteiger partial charge >= 0.3 is 0 Å². The molecule has 2 N–H and O–H groups in total. The molecular formula is C13H19NO2. The van der Waals surface area contributed by atoms with Gasteiger partial charge in [0.2, 0.25) is 0 Å². The van der Waals surface area contributed by atoms with Gasteiger partial charge in [-0.2, -0.15) is 0 Å². The Morgan fingerprint density at radius 3 is 2.50 bits per heavy atom. The zero-order chi connectivity index (χ0) is 11.6. The van der Waals surface area contributed by atoms with Gasteiger partial charge in [-0.15, -0.1) is 0 Å². The molecule has 0 radical (unpaired) electrons. The molecule has 1 aromatic rings. The van der Waals surface area contributed by atoms with Crippen molar-refractivity contribution in [3.05, 3.63) is 29.8 Å². The van der Waals surface area contributed by atoms with E-state index in [9.17, 15) is 5.11 Å². The van der Waals surface area contributed by atoms with E-state index in [-0.39, 0.29) is 5.54 Å². The van der Waals surface area contributed by atoms with Crippen molar-refractivity contribution in [2.75, 3.05) is 13.7 Å². The smallest absolute Gasteiger partial charge is 0.118 e. The average molecular weight is 221 g/mol. The summed E-state index contributed by atoms with van der Waals surface area (Å²) < 4.78 is 5.08. The van der Waals surface area contributed by atoms with E-state index in [0.717, 1.165) is 11.3 Å². The molecule has 2 rings (SSSR count). The Labute approximate surface area is 96.4 Å². The van der Waals surface area contributed by atoms with Gasteiger partial charge in [0.05, 0.1) is 13.2 Å². The predicted molar refractivity (Wildman–Crippen MR) is 63.6 cm³/mol. The zero-order valence-corrected chi connectivity index (χ0v) is 9.86. The lowest BCUT2D eigenvalue weighted by Gasteiger charge is -2.16. The van der Waals surface area contributed by atoms with Crippen molar-refractivity contribution in [1.29, 1.82) is 0 Å². The standard InChI is InChI=1S/C13H19NO2/c1-13(7-8-13)14-9-12(15)10-3-5-11(16-2)6-4-10/h3-6,12,14-15H,7-9H2,1-2H3. The minimum Gasteiger partial charge on any atom is -0.497 e. The fourth-order valence-corrected chi connectivity index (χ4v) is 1.65. The molecule has 16 heavy (non-hydrogen) atoms. The van der Waals surface area contributed by atoms with Crippen LogP contribution in [0.3, 0.4) is 0 Å². The number of hydrogen-bond donors (Lipinski definition) is 2. The van der Waals surface area contributed by atoms with E-state index in [1.165, 1.54) is 12.8 Å². The minimum atomic E-state index is -0.441. The fraction of sp³-hybridized carbons (Fsp3) is 0.538. The van der Waals surface area contributed by atoms with Crippen molar-refractivity contribution in [1.82, 2.24) is 5.32 Å². The molecule has 0 spiro atoms. The van der Waals surface area contributed by atoms with Crippen LogP contribution in [0.25, 0.3) is 0 Å². The Morgan fingerprint density at radius 2 is 2.00 bits per heavy atom. The molecule has 3 heteroatoms. The highest BCUT2D eigenvalue weighted by atomic mass is 16.5. The average Bonchev–Trinajstić information content (AvgIpc) is 3.05. The van der Waals surface area contributed by atoms with Crippen LogP contribution in [0.2, 0.25) is 0 Å². The molecule has 0 amide bonds. The van der Waals surface area contributed by atoms with Crippen LogP contribution in [-0.4, -0.2) is 24.3 Å². The molecule has 3 nitrogen and oxygen atoms in total. The number of aliphatic hydroxyl groups excluding tert-OH is 1. The van der Waals surface area contributed by atoms with Crippen LogP contribution >= 0.6 is 0 Å². The maximum atomic E-state index is 9.97. The topological polar surface area (TPSA) is 41.5 Å². The highest BCUT2D eigenvalue weighted by Gasteiger charge is 2.36. The van der Waals surface area contributed by atoms with Crippen molar-refractivity contribution in [3.8, 4) is 5.75 Å². The van der Waals surface area contributed by atoms with Gasteiger partial charge in [0.25, 0.3) is 0 Å². The molecule has 1 aromatic carbocycles. The van der Waals surface area contributed by atoms with Gasteiger partial charge in [0.15, 0.2) is 0 Å². The highest BCUT2D eigenvalue weighted by molar-refractivity contribution is 5.28. The van der Waals surface area contributed by atoms with Crippen molar-refractivity contribution in [2.24, 2.45) is 0 Å². The summed E-state index contributed by atoms with van der Waals surface area (Å²) in [6.07, 6.45) is 1.98. The van der Waals surface area contributed by atoms with Crippen molar-refractivity contribution in [3.63, 3.8) is 0 Å². The third kappa shape index (κ3) is 2.74. The molecule has 1 saturated carbocycles. The molecule has 0 heterocycles. The molecule has 0 aromatic heterocycles. The third-order valence-electron chi connectivity index (χ3n) is 3.22. The first kappa shape index (κ1) is 11.4. The van der Waals surface area contributed by atoms with Crippen LogP contribution in [0.4, 0.5) is 0 Å². The Balaban J connectivity index is 1.89. The summed E-state index contributed by atoms with van der Waals surface area (Å²) in [4.78, 5) is 0. The van der Waals surface area contributed by atoms with Crippen LogP contribution in [-0.2, 0) is 0 Å². The van der Waals surface area contributed by atoms with Crippen LogP contribution in [0.15, 0.2) is 24.3 Å². The van der Waals surface area contributed by atoms with Crippen molar-refractivity contribution >= 4 is 0 Å². The lowest BCUT2D eigenvalue weighted by Crippen LogP contribution is -2.31. The molecular weight excluding hydrogens is 202 g/mol. The maximum absolute atomic E-state index is 9.97. The summed E-state index contributed by atoms with van der Waals surface area (Å²) in [6.45, 7) is 2.80. The number of benzene rings is 1. The SMILES string of the molecule is COc1ccc(C(O)CNC2(C)CC2)cc1. The molecule has 1 fully saturated rings. The van der Waals surface area contributed by atoms with E-state index in [4.69, 9.17) is 4.74 Å². The van der Waals surface area contributed by atoms with Gasteiger partial charge in [-0.25, -0.2) is 0 Å². The van der Waals surface area contributed by atoms with E-state index in [1.54, 1.807) is 7.11 Å². The zero-order valence-electron chi connectivity index (χ0n) is 9.86. The number of nitrogens with one attached hydrogen (secondary N) is 1. The summed E-state index contributed by atoms with van der Waals surface area (Å²) >= 11 is 0. The van der Waals surface area contributed by atoms with Gasteiger partial charge in [-0.05, 0) is 37.5 Å². The number of hydrogen-bond acceptors (Lipinski definition) is 3. The van der Waals surface area contributed by atoms with E-state index < -0.39 is 6.10 Å². The first-order chi connectivity index (χ1) is 7.63. The molecule has 1 aliphatic carbocycles. The molecule has 0 saturated heterocycles. The van der Waals surface area contributed by atoms with E-state index >= 15 is 0 Å². The summed E-state index contributed by atoms with van der Waals surface area (Å²) in [7, 11) is 1.64. The second-order valence-corrected chi connectivity index (χ2v) is 4.73. The quantitative estimate of drug-likeness (QED) is 0.797. The van der Waals surface area contributed by atoms with Gasteiger partial charge < -0.3 is 15.2 Å². The van der Waals surface area contributed by atoms with Crippen LogP contribution < -0.4 is 10.1 Å². The Kier molecular flexibility index (Phi) is 3.17. The van der Waals surface area contributed by atoms with Crippen molar-refractivity contribution < 1.29 is 9.84 Å². The first-order valence-electron chi connectivity index (χ1n) is 5.70. The minimum absolute atomic E-state index is 0.271. The predicted octanol–water partition coefficient (Wildman–Crippen LogP) is 1.87. The third-order valence-corrected chi connectivity index (χ3v) is 3.22. The lowest BCUT2D eigenvalue weighted by atomic mass is 10.1. The lowest BCUT2D eigenvalue weighted by molar-refractivity contribution is 0.169. The maximum Gasteiger partial charge on any atom is 0.118 e. The number of β-amino-alcohol motifs (C(OH)–C–C–N with tert-alkyl or cyclic N) is 1. The van der Waals surface area contributed by atoms with Gasteiger partial charge in [-0.1, -0.05) is 12.1 Å². The van der Waals surface area contributed by atoms with Gasteiger partial charge in [0.1, 0.15) is 5.75 Å². The summed E-state index contributed by atoms with van der Waals surface area (Å²) in [6, 6.07) is 7.55. The van der Waals surface area contributed by atoms with Crippen LogP contribution in [0, 0.1) is 0 Å². The fourth-order valence-electron chi connectivity index (χ4n) is 1.65. The largest absolute Gasteiger partial charge is 0.497 e.